The van der Waals surface area contributed by atoms with Crippen LogP contribution in [0.15, 0.2) is 36.7 Å². The van der Waals surface area contributed by atoms with Gasteiger partial charge in [-0.3, -0.25) is 0 Å². The second-order valence-electron chi connectivity index (χ2n) is 2.62. The van der Waals surface area contributed by atoms with Gasteiger partial charge in [0.25, 0.3) is 0 Å². The van der Waals surface area contributed by atoms with Crippen molar-refractivity contribution in [1.82, 2.24) is 9.78 Å². The van der Waals surface area contributed by atoms with Crippen molar-refractivity contribution in [2.45, 2.75) is 0 Å². The van der Waals surface area contributed by atoms with Crippen LogP contribution in [0.1, 0.15) is 0 Å². The minimum Gasteiger partial charge on any atom is -0.505 e. The molecule has 66 valence electrons. The van der Waals surface area contributed by atoms with Crippen molar-refractivity contribution >= 4 is 22.6 Å². The molecule has 1 aromatic heterocycles. The van der Waals surface area contributed by atoms with Crippen molar-refractivity contribution in [2.24, 2.45) is 0 Å². The summed E-state index contributed by atoms with van der Waals surface area (Å²) in [6.07, 6.45) is 2.99. The number of halogens is 1. The molecule has 2 rings (SSSR count). The van der Waals surface area contributed by atoms with E-state index in [1.165, 1.54) is 9.77 Å². The van der Waals surface area contributed by atoms with E-state index < -0.39 is 0 Å². The highest BCUT2D eigenvalue weighted by Crippen LogP contribution is 2.13. The van der Waals surface area contributed by atoms with Gasteiger partial charge in [-0.25, -0.2) is 4.68 Å². The fourth-order valence-corrected chi connectivity index (χ4v) is 1.41. The molecule has 0 spiro atoms. The smallest absolute Gasteiger partial charge is 0.153 e. The van der Waals surface area contributed by atoms with Crippen LogP contribution >= 0.6 is 22.6 Å². The van der Waals surface area contributed by atoms with Gasteiger partial charge in [0.05, 0.1) is 18.1 Å². The zero-order valence-electron chi connectivity index (χ0n) is 6.68. The predicted molar refractivity (Wildman–Crippen MR) is 57.9 cm³/mol. The predicted octanol–water partition coefficient (Wildman–Crippen LogP) is 2.18. The third-order valence-corrected chi connectivity index (χ3v) is 2.38. The second kappa shape index (κ2) is 3.37. The molecule has 1 aromatic carbocycles. The van der Waals surface area contributed by atoms with Crippen LogP contribution in [-0.4, -0.2) is 14.9 Å². The summed E-state index contributed by atoms with van der Waals surface area (Å²) in [5.41, 5.74) is 0.945. The van der Waals surface area contributed by atoms with Crippen molar-refractivity contribution in [2.75, 3.05) is 0 Å². The highest BCUT2D eigenvalue weighted by atomic mass is 127. The van der Waals surface area contributed by atoms with Gasteiger partial charge in [0, 0.05) is 3.57 Å². The monoisotopic (exact) mass is 286 g/mol. The standard InChI is InChI=1S/C9H7IN2O/c10-7-1-3-8(4-2-7)12-6-9(13)5-11-12/h1-6,13H. The molecule has 0 aliphatic rings. The van der Waals surface area contributed by atoms with Gasteiger partial charge in [-0.15, -0.1) is 0 Å². The summed E-state index contributed by atoms with van der Waals surface area (Å²) in [5, 5.41) is 13.1. The van der Waals surface area contributed by atoms with E-state index in [2.05, 4.69) is 27.7 Å². The highest BCUT2D eigenvalue weighted by molar-refractivity contribution is 14.1. The molecule has 0 fully saturated rings. The Morgan fingerprint density at radius 2 is 1.92 bits per heavy atom. The largest absolute Gasteiger partial charge is 0.505 e. The van der Waals surface area contributed by atoms with Crippen LogP contribution in [0.5, 0.6) is 5.75 Å². The summed E-state index contributed by atoms with van der Waals surface area (Å²) in [4.78, 5) is 0. The summed E-state index contributed by atoms with van der Waals surface area (Å²) in [7, 11) is 0. The maximum absolute atomic E-state index is 9.08. The molecule has 0 saturated carbocycles. The van der Waals surface area contributed by atoms with E-state index in [0.29, 0.717) is 0 Å². The lowest BCUT2D eigenvalue weighted by molar-refractivity contribution is 0.475. The highest BCUT2D eigenvalue weighted by Gasteiger charge is 1.97. The van der Waals surface area contributed by atoms with Crippen molar-refractivity contribution in [3.8, 4) is 11.4 Å². The van der Waals surface area contributed by atoms with Crippen molar-refractivity contribution in [3.63, 3.8) is 0 Å². The molecule has 2 aromatic rings. The summed E-state index contributed by atoms with van der Waals surface area (Å²) in [6, 6.07) is 7.89. The number of nitrogens with zero attached hydrogens (tertiary/aromatic N) is 2. The van der Waals surface area contributed by atoms with E-state index in [1.807, 2.05) is 24.3 Å². The molecule has 0 bridgehead atoms. The Bertz CT molecular complexity index is 408. The van der Waals surface area contributed by atoms with Gasteiger partial charge in [0.1, 0.15) is 0 Å². The van der Waals surface area contributed by atoms with Crippen LogP contribution in [0, 0.1) is 3.57 Å². The molecule has 0 radical (unpaired) electrons. The maximum Gasteiger partial charge on any atom is 0.153 e. The molecule has 1 N–H and O–H groups in total. The Morgan fingerprint density at radius 3 is 2.46 bits per heavy atom. The van der Waals surface area contributed by atoms with E-state index in [-0.39, 0.29) is 5.75 Å². The van der Waals surface area contributed by atoms with E-state index in [0.717, 1.165) is 5.69 Å². The first kappa shape index (κ1) is 8.55. The molecule has 0 aliphatic carbocycles. The van der Waals surface area contributed by atoms with Crippen LogP contribution in [0.3, 0.4) is 0 Å². The van der Waals surface area contributed by atoms with Crippen LogP contribution < -0.4 is 0 Å². The summed E-state index contributed by atoms with van der Waals surface area (Å²) < 4.78 is 2.81. The molecular formula is C9H7IN2O. The van der Waals surface area contributed by atoms with Gasteiger partial charge < -0.3 is 5.11 Å². The minimum absolute atomic E-state index is 0.179. The normalized spacial score (nSPS) is 10.2. The van der Waals surface area contributed by atoms with E-state index in [1.54, 1.807) is 10.9 Å². The Morgan fingerprint density at radius 1 is 1.23 bits per heavy atom. The molecule has 13 heavy (non-hydrogen) atoms. The average molecular weight is 286 g/mol. The minimum atomic E-state index is 0.179. The number of aromatic hydroxyl groups is 1. The van der Waals surface area contributed by atoms with Crippen LogP contribution in [0.4, 0.5) is 0 Å². The third-order valence-electron chi connectivity index (χ3n) is 1.66. The third kappa shape index (κ3) is 1.82. The van der Waals surface area contributed by atoms with E-state index >= 15 is 0 Å². The first-order valence-electron chi connectivity index (χ1n) is 3.75. The Kier molecular flexibility index (Phi) is 2.22. The van der Waals surface area contributed by atoms with Crippen LogP contribution in [0.25, 0.3) is 5.69 Å². The molecule has 0 amide bonds. The quantitative estimate of drug-likeness (QED) is 0.816. The molecular weight excluding hydrogens is 279 g/mol. The zero-order chi connectivity index (χ0) is 9.26. The Labute approximate surface area is 89.2 Å². The topological polar surface area (TPSA) is 38.1 Å². The van der Waals surface area contributed by atoms with Gasteiger partial charge >= 0.3 is 0 Å². The number of hydrogen-bond donors (Lipinski definition) is 1. The molecule has 1 heterocycles. The van der Waals surface area contributed by atoms with Crippen molar-refractivity contribution in [1.29, 1.82) is 0 Å². The van der Waals surface area contributed by atoms with Crippen molar-refractivity contribution < 1.29 is 5.11 Å². The number of aromatic nitrogens is 2. The van der Waals surface area contributed by atoms with Gasteiger partial charge in [-0.1, -0.05) is 0 Å². The van der Waals surface area contributed by atoms with Gasteiger partial charge in [0.15, 0.2) is 5.75 Å². The number of hydrogen-bond acceptors (Lipinski definition) is 2. The van der Waals surface area contributed by atoms with Gasteiger partial charge in [-0.05, 0) is 46.9 Å². The summed E-state index contributed by atoms with van der Waals surface area (Å²) >= 11 is 2.24. The Balaban J connectivity index is 2.41. The Hall–Kier alpha value is -1.04. The number of benzene rings is 1. The maximum atomic E-state index is 9.08. The van der Waals surface area contributed by atoms with Gasteiger partial charge in [0.2, 0.25) is 0 Å². The molecule has 3 nitrogen and oxygen atoms in total. The first-order valence-corrected chi connectivity index (χ1v) is 4.83. The lowest BCUT2D eigenvalue weighted by Gasteiger charge is -1.99. The SMILES string of the molecule is Oc1cnn(-c2ccc(I)cc2)c1. The molecule has 0 saturated heterocycles. The fraction of sp³-hybridized carbons (Fsp3) is 0. The lowest BCUT2D eigenvalue weighted by atomic mass is 10.3. The van der Waals surface area contributed by atoms with Crippen LogP contribution in [-0.2, 0) is 0 Å². The molecule has 0 atom stereocenters. The lowest BCUT2D eigenvalue weighted by Crippen LogP contribution is -1.92. The van der Waals surface area contributed by atoms with Gasteiger partial charge in [-0.2, -0.15) is 5.10 Å². The fourth-order valence-electron chi connectivity index (χ4n) is 1.05. The zero-order valence-corrected chi connectivity index (χ0v) is 8.84. The molecule has 0 aliphatic heterocycles. The average Bonchev–Trinajstić information content (AvgIpc) is 2.53. The van der Waals surface area contributed by atoms with E-state index in [4.69, 9.17) is 5.11 Å². The van der Waals surface area contributed by atoms with E-state index in [9.17, 15) is 0 Å². The summed E-state index contributed by atoms with van der Waals surface area (Å²) in [6.45, 7) is 0. The summed E-state index contributed by atoms with van der Waals surface area (Å²) in [5.74, 6) is 0.179. The first-order chi connectivity index (χ1) is 6.25. The number of rotatable bonds is 1. The van der Waals surface area contributed by atoms with Crippen LogP contribution in [0.2, 0.25) is 0 Å². The molecule has 4 heteroatoms. The molecule has 0 unspecified atom stereocenters. The second-order valence-corrected chi connectivity index (χ2v) is 3.87. The van der Waals surface area contributed by atoms with Crippen molar-refractivity contribution in [3.05, 3.63) is 40.2 Å².